The van der Waals surface area contributed by atoms with E-state index in [1.807, 2.05) is 11.3 Å². The summed E-state index contributed by atoms with van der Waals surface area (Å²) in [5, 5.41) is 3.56. The average molecular weight is 253 g/mol. The van der Waals surface area contributed by atoms with E-state index >= 15 is 0 Å². The van der Waals surface area contributed by atoms with Crippen LogP contribution in [0.25, 0.3) is 0 Å². The first kappa shape index (κ1) is 13.1. The van der Waals surface area contributed by atoms with Gasteiger partial charge in [-0.2, -0.15) is 0 Å². The maximum absolute atomic E-state index is 5.70. The molecule has 0 bridgehead atoms. The Morgan fingerprint density at radius 1 is 1.47 bits per heavy atom. The van der Waals surface area contributed by atoms with Gasteiger partial charge in [-0.25, -0.2) is 0 Å². The zero-order valence-corrected chi connectivity index (χ0v) is 11.9. The summed E-state index contributed by atoms with van der Waals surface area (Å²) in [4.78, 5) is 2.85. The SMILES string of the molecule is Cc1sc(CNC2CC2)cc1COCC(C)C. The molecule has 0 radical (unpaired) electrons. The third kappa shape index (κ3) is 4.41. The Labute approximate surface area is 108 Å². The first-order chi connectivity index (χ1) is 8.15. The van der Waals surface area contributed by atoms with Crippen LogP contribution in [0.4, 0.5) is 0 Å². The molecule has 1 saturated carbocycles. The molecule has 3 heteroatoms. The molecule has 0 unspecified atom stereocenters. The summed E-state index contributed by atoms with van der Waals surface area (Å²) in [5.74, 6) is 0.616. The van der Waals surface area contributed by atoms with Crippen LogP contribution in [0.2, 0.25) is 0 Å². The second kappa shape index (κ2) is 5.98. The lowest BCUT2D eigenvalue weighted by Crippen LogP contribution is -2.14. The predicted molar refractivity (Wildman–Crippen MR) is 73.4 cm³/mol. The number of thiophene rings is 1. The largest absolute Gasteiger partial charge is 0.376 e. The molecule has 0 spiro atoms. The average Bonchev–Trinajstić information content (AvgIpc) is 3.02. The zero-order valence-electron chi connectivity index (χ0n) is 11.1. The molecule has 1 aromatic heterocycles. The lowest BCUT2D eigenvalue weighted by atomic mass is 10.2. The Morgan fingerprint density at radius 3 is 2.88 bits per heavy atom. The molecule has 2 rings (SSSR count). The Hall–Kier alpha value is -0.380. The molecule has 2 nitrogen and oxygen atoms in total. The lowest BCUT2D eigenvalue weighted by molar-refractivity contribution is 0.0970. The topological polar surface area (TPSA) is 21.3 Å². The third-order valence-corrected chi connectivity index (χ3v) is 4.02. The highest BCUT2D eigenvalue weighted by molar-refractivity contribution is 7.12. The number of aryl methyl sites for hydroxylation is 1. The summed E-state index contributed by atoms with van der Waals surface area (Å²) in [5.41, 5.74) is 1.36. The van der Waals surface area contributed by atoms with Crippen molar-refractivity contribution >= 4 is 11.3 Å². The van der Waals surface area contributed by atoms with Gasteiger partial charge in [0.15, 0.2) is 0 Å². The highest BCUT2D eigenvalue weighted by Gasteiger charge is 2.20. The van der Waals surface area contributed by atoms with Crippen LogP contribution in [-0.2, 0) is 17.9 Å². The number of hydrogen-bond donors (Lipinski definition) is 1. The fraction of sp³-hybridized carbons (Fsp3) is 0.714. The minimum Gasteiger partial charge on any atom is -0.376 e. The molecule has 0 aromatic carbocycles. The molecule has 1 aliphatic rings. The van der Waals surface area contributed by atoms with Crippen LogP contribution >= 0.6 is 11.3 Å². The maximum atomic E-state index is 5.70. The van der Waals surface area contributed by atoms with E-state index in [-0.39, 0.29) is 0 Å². The van der Waals surface area contributed by atoms with Crippen LogP contribution in [-0.4, -0.2) is 12.6 Å². The molecule has 17 heavy (non-hydrogen) atoms. The minimum absolute atomic E-state index is 0.616. The standard InChI is InChI=1S/C14H23NOS/c1-10(2)8-16-9-12-6-14(17-11(12)3)7-15-13-4-5-13/h6,10,13,15H,4-5,7-9H2,1-3H3. The molecule has 1 N–H and O–H groups in total. The van der Waals surface area contributed by atoms with Gasteiger partial charge in [0.25, 0.3) is 0 Å². The minimum atomic E-state index is 0.616. The van der Waals surface area contributed by atoms with Gasteiger partial charge in [-0.3, -0.25) is 0 Å². The van der Waals surface area contributed by atoms with E-state index in [2.05, 4.69) is 32.2 Å². The van der Waals surface area contributed by atoms with Crippen molar-refractivity contribution in [3.63, 3.8) is 0 Å². The van der Waals surface area contributed by atoms with Crippen LogP contribution < -0.4 is 5.32 Å². The molecular formula is C14H23NOS. The van der Waals surface area contributed by atoms with Crippen LogP contribution in [0, 0.1) is 12.8 Å². The monoisotopic (exact) mass is 253 g/mol. The summed E-state index contributed by atoms with van der Waals surface area (Å²) >= 11 is 1.90. The van der Waals surface area contributed by atoms with E-state index in [1.165, 1.54) is 28.2 Å². The van der Waals surface area contributed by atoms with Crippen LogP contribution in [0.15, 0.2) is 6.07 Å². The van der Waals surface area contributed by atoms with Crippen molar-refractivity contribution in [1.82, 2.24) is 5.32 Å². The molecule has 1 heterocycles. The van der Waals surface area contributed by atoms with Gasteiger partial charge in [-0.1, -0.05) is 13.8 Å². The lowest BCUT2D eigenvalue weighted by Gasteiger charge is -2.05. The molecule has 1 fully saturated rings. The molecule has 96 valence electrons. The number of ether oxygens (including phenoxy) is 1. The van der Waals surface area contributed by atoms with E-state index in [0.717, 1.165) is 25.8 Å². The zero-order chi connectivity index (χ0) is 12.3. The van der Waals surface area contributed by atoms with Gasteiger partial charge < -0.3 is 10.1 Å². The first-order valence-corrected chi connectivity index (χ1v) is 7.36. The van der Waals surface area contributed by atoms with E-state index < -0.39 is 0 Å². The van der Waals surface area contributed by atoms with Gasteiger partial charge in [0.05, 0.1) is 6.61 Å². The molecule has 1 aliphatic carbocycles. The van der Waals surface area contributed by atoms with Crippen molar-refractivity contribution in [1.29, 1.82) is 0 Å². The second-order valence-electron chi connectivity index (χ2n) is 5.36. The van der Waals surface area contributed by atoms with Crippen molar-refractivity contribution in [2.45, 2.75) is 52.8 Å². The summed E-state index contributed by atoms with van der Waals surface area (Å²) in [7, 11) is 0. The van der Waals surface area contributed by atoms with Crippen LogP contribution in [0.5, 0.6) is 0 Å². The van der Waals surface area contributed by atoms with E-state index in [1.54, 1.807) is 0 Å². The Kier molecular flexibility index (Phi) is 4.60. The quantitative estimate of drug-likeness (QED) is 0.803. The number of rotatable bonds is 7. The van der Waals surface area contributed by atoms with Gasteiger partial charge in [0.1, 0.15) is 0 Å². The Morgan fingerprint density at radius 2 is 2.24 bits per heavy atom. The molecule has 1 aromatic rings. The fourth-order valence-corrected chi connectivity index (χ4v) is 2.75. The highest BCUT2D eigenvalue weighted by Crippen LogP contribution is 2.24. The predicted octanol–water partition coefficient (Wildman–Crippen LogP) is 3.48. The highest BCUT2D eigenvalue weighted by atomic mass is 32.1. The number of hydrogen-bond acceptors (Lipinski definition) is 3. The molecule has 0 saturated heterocycles. The van der Waals surface area contributed by atoms with Gasteiger partial charge in [0, 0.05) is 28.9 Å². The van der Waals surface area contributed by atoms with Crippen molar-refractivity contribution < 1.29 is 4.74 Å². The molecule has 0 atom stereocenters. The smallest absolute Gasteiger partial charge is 0.0727 e. The van der Waals surface area contributed by atoms with Gasteiger partial charge in [-0.05, 0) is 37.3 Å². The summed E-state index contributed by atoms with van der Waals surface area (Å²) in [6.07, 6.45) is 2.71. The summed E-state index contributed by atoms with van der Waals surface area (Å²) < 4.78 is 5.70. The van der Waals surface area contributed by atoms with Crippen LogP contribution in [0.3, 0.4) is 0 Å². The van der Waals surface area contributed by atoms with E-state index in [9.17, 15) is 0 Å². The van der Waals surface area contributed by atoms with Crippen molar-refractivity contribution in [3.8, 4) is 0 Å². The van der Waals surface area contributed by atoms with Crippen molar-refractivity contribution in [3.05, 3.63) is 21.4 Å². The second-order valence-corrected chi connectivity index (χ2v) is 6.70. The molecular weight excluding hydrogens is 230 g/mol. The number of nitrogens with one attached hydrogen (secondary N) is 1. The van der Waals surface area contributed by atoms with Gasteiger partial charge in [0.2, 0.25) is 0 Å². The van der Waals surface area contributed by atoms with Crippen molar-refractivity contribution in [2.75, 3.05) is 6.61 Å². The molecule has 0 aliphatic heterocycles. The normalized spacial score (nSPS) is 15.8. The maximum Gasteiger partial charge on any atom is 0.0727 e. The van der Waals surface area contributed by atoms with Crippen molar-refractivity contribution in [2.24, 2.45) is 5.92 Å². The van der Waals surface area contributed by atoms with Crippen LogP contribution in [0.1, 0.15) is 42.0 Å². The fourth-order valence-electron chi connectivity index (χ4n) is 1.75. The van der Waals surface area contributed by atoms with Gasteiger partial charge in [-0.15, -0.1) is 11.3 Å². The Balaban J connectivity index is 1.79. The summed E-state index contributed by atoms with van der Waals surface area (Å²) in [6, 6.07) is 3.09. The van der Waals surface area contributed by atoms with Gasteiger partial charge >= 0.3 is 0 Å². The van der Waals surface area contributed by atoms with E-state index in [0.29, 0.717) is 5.92 Å². The Bertz CT molecular complexity index is 355. The summed E-state index contributed by atoms with van der Waals surface area (Å²) in [6.45, 7) is 9.21. The third-order valence-electron chi connectivity index (χ3n) is 2.92. The molecule has 0 amide bonds. The van der Waals surface area contributed by atoms with E-state index in [4.69, 9.17) is 4.74 Å². The first-order valence-electron chi connectivity index (χ1n) is 6.54.